The number of rotatable bonds is 6. The van der Waals surface area contributed by atoms with Crippen molar-refractivity contribution in [3.05, 3.63) is 58.9 Å². The number of benzene rings is 2. The van der Waals surface area contributed by atoms with E-state index in [1.165, 1.54) is 0 Å². The van der Waals surface area contributed by atoms with Crippen LogP contribution >= 0.6 is 0 Å². The second kappa shape index (κ2) is 8.02. The Morgan fingerprint density at radius 3 is 2.61 bits per heavy atom. The molecule has 0 saturated heterocycles. The Balaban J connectivity index is 1.51. The van der Waals surface area contributed by atoms with Crippen molar-refractivity contribution in [3.63, 3.8) is 0 Å². The number of aryl methyl sites for hydroxylation is 1. The molecule has 1 amide bonds. The van der Waals surface area contributed by atoms with Crippen LogP contribution in [-0.2, 0) is 6.42 Å². The molecule has 0 fully saturated rings. The van der Waals surface area contributed by atoms with Crippen molar-refractivity contribution in [2.75, 3.05) is 20.8 Å². The molecule has 1 aliphatic heterocycles. The van der Waals surface area contributed by atoms with Gasteiger partial charge >= 0.3 is 0 Å². The Morgan fingerprint density at radius 2 is 1.87 bits per heavy atom. The van der Waals surface area contributed by atoms with Gasteiger partial charge in [0.1, 0.15) is 16.9 Å². The number of fused-ring (bicyclic) bond motifs is 3. The number of carbonyl (C=O) groups is 1. The Kier molecular flexibility index (Phi) is 5.39. The average Bonchev–Trinajstić information content (AvgIpc) is 3.09. The molecule has 6 heteroatoms. The third-order valence-electron chi connectivity index (χ3n) is 5.47. The van der Waals surface area contributed by atoms with Gasteiger partial charge in [0.25, 0.3) is 5.91 Å². The molecule has 0 unspecified atom stereocenters. The van der Waals surface area contributed by atoms with E-state index in [-0.39, 0.29) is 11.5 Å². The number of carbonyl (C=O) groups excluding carboxylic acids is 1. The SMILES string of the molecule is COc1ccc(CCNC(=O)c2oc3ccc4c(c3c2C)C=CC(C)(C)O4)cc1OC. The van der Waals surface area contributed by atoms with Gasteiger partial charge < -0.3 is 23.9 Å². The standard InChI is InChI=1S/C25H27NO5/c1-15-22-17-10-12-25(2,3)31-18(17)8-9-20(22)30-23(15)24(27)26-13-11-16-6-7-19(28-4)21(14-16)29-5/h6-10,12,14H,11,13H2,1-5H3,(H,26,27). The normalized spacial score (nSPS) is 14.1. The van der Waals surface area contributed by atoms with Gasteiger partial charge in [0, 0.05) is 23.1 Å². The number of amides is 1. The molecule has 1 aromatic heterocycles. The molecular weight excluding hydrogens is 394 g/mol. The van der Waals surface area contributed by atoms with Crippen LogP contribution < -0.4 is 19.5 Å². The first-order valence-corrected chi connectivity index (χ1v) is 10.3. The van der Waals surface area contributed by atoms with Crippen molar-refractivity contribution in [3.8, 4) is 17.2 Å². The van der Waals surface area contributed by atoms with E-state index in [9.17, 15) is 4.79 Å². The molecule has 6 nitrogen and oxygen atoms in total. The summed E-state index contributed by atoms with van der Waals surface area (Å²) in [6.45, 7) is 6.40. The van der Waals surface area contributed by atoms with Crippen LogP contribution in [0.4, 0.5) is 0 Å². The van der Waals surface area contributed by atoms with Crippen molar-refractivity contribution < 1.29 is 23.4 Å². The Labute approximate surface area is 181 Å². The molecule has 0 spiro atoms. The number of nitrogens with one attached hydrogen (secondary N) is 1. The lowest BCUT2D eigenvalue weighted by Gasteiger charge is -2.28. The van der Waals surface area contributed by atoms with Crippen molar-refractivity contribution in [1.82, 2.24) is 5.32 Å². The minimum atomic E-state index is -0.358. The van der Waals surface area contributed by atoms with Gasteiger partial charge in [-0.15, -0.1) is 0 Å². The summed E-state index contributed by atoms with van der Waals surface area (Å²) in [7, 11) is 3.21. The molecule has 0 bridgehead atoms. The van der Waals surface area contributed by atoms with Crippen LogP contribution in [0.3, 0.4) is 0 Å². The molecule has 0 radical (unpaired) electrons. The van der Waals surface area contributed by atoms with Crippen LogP contribution in [0.15, 0.2) is 40.8 Å². The maximum atomic E-state index is 12.8. The van der Waals surface area contributed by atoms with Gasteiger partial charge in [0.15, 0.2) is 17.3 Å². The quantitative estimate of drug-likeness (QED) is 0.612. The third-order valence-corrected chi connectivity index (χ3v) is 5.47. The molecule has 31 heavy (non-hydrogen) atoms. The zero-order valence-corrected chi connectivity index (χ0v) is 18.5. The lowest BCUT2D eigenvalue weighted by atomic mass is 9.98. The maximum absolute atomic E-state index is 12.8. The third kappa shape index (κ3) is 3.98. The number of furan rings is 1. The molecule has 0 atom stereocenters. The van der Waals surface area contributed by atoms with Gasteiger partial charge in [-0.25, -0.2) is 0 Å². The lowest BCUT2D eigenvalue weighted by Crippen LogP contribution is -2.27. The lowest BCUT2D eigenvalue weighted by molar-refractivity contribution is 0.0927. The van der Waals surface area contributed by atoms with Crippen LogP contribution in [0.25, 0.3) is 17.0 Å². The summed E-state index contributed by atoms with van der Waals surface area (Å²) in [6.07, 6.45) is 4.72. The van der Waals surface area contributed by atoms with E-state index in [4.69, 9.17) is 18.6 Å². The van der Waals surface area contributed by atoms with Crippen LogP contribution in [0.5, 0.6) is 17.2 Å². The van der Waals surface area contributed by atoms with Gasteiger partial charge in [-0.3, -0.25) is 4.79 Å². The molecule has 0 aliphatic carbocycles. The predicted molar refractivity (Wildman–Crippen MR) is 120 cm³/mol. The van der Waals surface area contributed by atoms with E-state index in [2.05, 4.69) is 5.32 Å². The molecule has 2 aromatic carbocycles. The number of hydrogen-bond acceptors (Lipinski definition) is 5. The molecule has 0 saturated carbocycles. The number of hydrogen-bond donors (Lipinski definition) is 1. The highest BCUT2D eigenvalue weighted by Crippen LogP contribution is 2.39. The topological polar surface area (TPSA) is 69.9 Å². The Bertz CT molecular complexity index is 1170. The second-order valence-corrected chi connectivity index (χ2v) is 8.14. The summed E-state index contributed by atoms with van der Waals surface area (Å²) in [5.74, 6) is 2.24. The molecule has 2 heterocycles. The highest BCUT2D eigenvalue weighted by molar-refractivity contribution is 6.02. The first-order chi connectivity index (χ1) is 14.8. The number of ether oxygens (including phenoxy) is 3. The molecule has 1 N–H and O–H groups in total. The van der Waals surface area contributed by atoms with E-state index < -0.39 is 0 Å². The van der Waals surface area contributed by atoms with Crippen LogP contribution in [0.1, 0.15) is 41.1 Å². The fourth-order valence-corrected chi connectivity index (χ4v) is 3.86. The van der Waals surface area contributed by atoms with Gasteiger partial charge in [-0.05, 0) is 63.1 Å². The smallest absolute Gasteiger partial charge is 0.287 e. The van der Waals surface area contributed by atoms with Crippen LogP contribution in [-0.4, -0.2) is 32.3 Å². The fourth-order valence-electron chi connectivity index (χ4n) is 3.86. The summed E-state index contributed by atoms with van der Waals surface area (Å²) < 4.78 is 22.6. The summed E-state index contributed by atoms with van der Waals surface area (Å²) >= 11 is 0. The highest BCUT2D eigenvalue weighted by atomic mass is 16.5. The first kappa shape index (κ1) is 20.8. The monoisotopic (exact) mass is 421 g/mol. The van der Waals surface area contributed by atoms with Crippen LogP contribution in [0.2, 0.25) is 0 Å². The summed E-state index contributed by atoms with van der Waals surface area (Å²) in [4.78, 5) is 12.8. The average molecular weight is 421 g/mol. The van der Waals surface area contributed by atoms with Crippen molar-refractivity contribution in [2.45, 2.75) is 32.8 Å². The Morgan fingerprint density at radius 1 is 1.10 bits per heavy atom. The second-order valence-electron chi connectivity index (χ2n) is 8.14. The van der Waals surface area contributed by atoms with Crippen molar-refractivity contribution in [1.29, 1.82) is 0 Å². The Hall–Kier alpha value is -3.41. The van der Waals surface area contributed by atoms with E-state index in [1.807, 2.05) is 63.3 Å². The zero-order chi connectivity index (χ0) is 22.2. The first-order valence-electron chi connectivity index (χ1n) is 10.3. The minimum absolute atomic E-state index is 0.232. The zero-order valence-electron chi connectivity index (χ0n) is 18.5. The van der Waals surface area contributed by atoms with Gasteiger partial charge in [0.05, 0.1) is 14.2 Å². The van der Waals surface area contributed by atoms with Gasteiger partial charge in [-0.1, -0.05) is 12.1 Å². The van der Waals surface area contributed by atoms with E-state index in [0.717, 1.165) is 27.8 Å². The minimum Gasteiger partial charge on any atom is -0.493 e. The molecule has 3 aromatic rings. The summed E-state index contributed by atoms with van der Waals surface area (Å²) in [6, 6.07) is 9.48. The largest absolute Gasteiger partial charge is 0.493 e. The number of methoxy groups -OCH3 is 2. The summed E-state index contributed by atoms with van der Waals surface area (Å²) in [5.41, 5.74) is 3.11. The van der Waals surface area contributed by atoms with Gasteiger partial charge in [-0.2, -0.15) is 0 Å². The predicted octanol–water partition coefficient (Wildman–Crippen LogP) is 4.92. The van der Waals surface area contributed by atoms with Gasteiger partial charge in [0.2, 0.25) is 0 Å². The maximum Gasteiger partial charge on any atom is 0.287 e. The summed E-state index contributed by atoms with van der Waals surface area (Å²) in [5, 5.41) is 3.87. The fraction of sp³-hybridized carbons (Fsp3) is 0.320. The highest BCUT2D eigenvalue weighted by Gasteiger charge is 2.26. The molecule has 162 valence electrons. The van der Waals surface area contributed by atoms with Crippen molar-refractivity contribution in [2.24, 2.45) is 0 Å². The van der Waals surface area contributed by atoms with Crippen molar-refractivity contribution >= 4 is 23.0 Å². The van der Waals surface area contributed by atoms with Crippen LogP contribution in [0, 0.1) is 6.92 Å². The molecule has 4 rings (SSSR count). The molecular formula is C25H27NO5. The van der Waals surface area contributed by atoms with E-state index in [0.29, 0.717) is 35.8 Å². The molecule has 1 aliphatic rings. The van der Waals surface area contributed by atoms with E-state index >= 15 is 0 Å². The van der Waals surface area contributed by atoms with E-state index in [1.54, 1.807) is 14.2 Å².